The summed E-state index contributed by atoms with van der Waals surface area (Å²) in [6.07, 6.45) is 0. The molecule has 4 nitrogen and oxygen atoms in total. The lowest BCUT2D eigenvalue weighted by Crippen LogP contribution is -2.39. The van der Waals surface area contributed by atoms with Gasteiger partial charge in [0.25, 0.3) is 0 Å². The minimum absolute atomic E-state index is 0.722. The van der Waals surface area contributed by atoms with Gasteiger partial charge >= 0.3 is 0 Å². The highest BCUT2D eigenvalue weighted by Crippen LogP contribution is 2.26. The molecule has 1 fully saturated rings. The maximum Gasteiger partial charge on any atom is 0.205 e. The number of hydrogen-bond donors (Lipinski definition) is 1. The Morgan fingerprint density at radius 1 is 1.29 bits per heavy atom. The Hall–Kier alpha value is -0.330. The van der Waals surface area contributed by atoms with Crippen LogP contribution in [0.15, 0.2) is 0 Å². The summed E-state index contributed by atoms with van der Waals surface area (Å²) in [5.41, 5.74) is 0. The van der Waals surface area contributed by atoms with Gasteiger partial charge in [-0.3, -0.25) is 4.90 Å². The van der Waals surface area contributed by atoms with Crippen LogP contribution in [0.3, 0.4) is 0 Å². The smallest absolute Gasteiger partial charge is 0.205 e. The third-order valence-electron chi connectivity index (χ3n) is 2.65. The first-order valence-corrected chi connectivity index (χ1v) is 7.87. The molecule has 17 heavy (non-hydrogen) atoms. The minimum atomic E-state index is 0.722. The average Bonchev–Trinajstić information content (AvgIpc) is 2.64. The van der Waals surface area contributed by atoms with Crippen molar-refractivity contribution in [2.75, 3.05) is 25.0 Å². The van der Waals surface area contributed by atoms with E-state index in [1.165, 1.54) is 0 Å². The van der Waals surface area contributed by atoms with E-state index in [9.17, 15) is 0 Å². The molecule has 0 amide bonds. The van der Waals surface area contributed by atoms with E-state index >= 15 is 0 Å². The number of thioether (sulfide) groups is 1. The van der Waals surface area contributed by atoms with E-state index in [1.807, 2.05) is 0 Å². The molecule has 0 spiro atoms. The van der Waals surface area contributed by atoms with Gasteiger partial charge in [0.2, 0.25) is 5.13 Å². The Kier molecular flexibility index (Phi) is 4.64. The van der Waals surface area contributed by atoms with Crippen LogP contribution in [-0.4, -0.2) is 45.2 Å². The number of aromatic nitrogens is 2. The van der Waals surface area contributed by atoms with Crippen molar-refractivity contribution in [1.29, 1.82) is 0 Å². The van der Waals surface area contributed by atoms with Gasteiger partial charge in [0.15, 0.2) is 0 Å². The molecule has 6 heteroatoms. The van der Waals surface area contributed by atoms with Crippen LogP contribution < -0.4 is 5.32 Å². The standard InChI is InChI=1S/C11H20N4S2/c1-4-12-11-14-13-10(17-11)7-15-5-8(2)16-9(3)6-15/h8-9H,4-7H2,1-3H3,(H,12,14). The summed E-state index contributed by atoms with van der Waals surface area (Å²) < 4.78 is 0. The summed E-state index contributed by atoms with van der Waals surface area (Å²) in [6, 6.07) is 0. The van der Waals surface area contributed by atoms with Gasteiger partial charge in [0.05, 0.1) is 6.54 Å². The van der Waals surface area contributed by atoms with E-state index in [0.29, 0.717) is 0 Å². The van der Waals surface area contributed by atoms with E-state index in [2.05, 4.69) is 52.9 Å². The van der Waals surface area contributed by atoms with Gasteiger partial charge in [-0.15, -0.1) is 10.2 Å². The molecule has 2 unspecified atom stereocenters. The maximum atomic E-state index is 4.24. The highest BCUT2D eigenvalue weighted by Gasteiger charge is 2.23. The van der Waals surface area contributed by atoms with Crippen LogP contribution in [0.4, 0.5) is 5.13 Å². The summed E-state index contributed by atoms with van der Waals surface area (Å²) in [7, 11) is 0. The second kappa shape index (κ2) is 6.02. The SMILES string of the molecule is CCNc1nnc(CN2CC(C)SC(C)C2)s1. The molecule has 0 aromatic carbocycles. The maximum absolute atomic E-state index is 4.24. The first-order chi connectivity index (χ1) is 8.17. The van der Waals surface area contributed by atoms with Crippen molar-refractivity contribution in [2.24, 2.45) is 0 Å². The van der Waals surface area contributed by atoms with Crippen molar-refractivity contribution in [1.82, 2.24) is 15.1 Å². The Balaban J connectivity index is 1.90. The van der Waals surface area contributed by atoms with E-state index in [1.54, 1.807) is 11.3 Å². The van der Waals surface area contributed by atoms with Gasteiger partial charge in [0, 0.05) is 30.1 Å². The Morgan fingerprint density at radius 3 is 2.65 bits per heavy atom. The molecule has 96 valence electrons. The van der Waals surface area contributed by atoms with Gasteiger partial charge in [-0.25, -0.2) is 0 Å². The number of rotatable bonds is 4. The van der Waals surface area contributed by atoms with Crippen LogP contribution in [0.25, 0.3) is 0 Å². The zero-order valence-corrected chi connectivity index (χ0v) is 12.3. The third-order valence-corrected chi connectivity index (χ3v) is 4.74. The molecule has 1 aliphatic rings. The second-order valence-corrected chi connectivity index (χ2v) is 7.43. The predicted octanol–water partition coefficient (Wildman–Crippen LogP) is 2.30. The van der Waals surface area contributed by atoms with Crippen LogP contribution in [0.2, 0.25) is 0 Å². The summed E-state index contributed by atoms with van der Waals surface area (Å²) in [4.78, 5) is 2.49. The summed E-state index contributed by atoms with van der Waals surface area (Å²) >= 11 is 3.75. The normalized spacial score (nSPS) is 26.1. The van der Waals surface area contributed by atoms with Crippen molar-refractivity contribution in [3.63, 3.8) is 0 Å². The Morgan fingerprint density at radius 2 is 2.00 bits per heavy atom. The minimum Gasteiger partial charge on any atom is -0.360 e. The number of nitrogens with one attached hydrogen (secondary N) is 1. The zero-order valence-electron chi connectivity index (χ0n) is 10.6. The highest BCUT2D eigenvalue weighted by atomic mass is 32.2. The molecular formula is C11H20N4S2. The topological polar surface area (TPSA) is 41.1 Å². The lowest BCUT2D eigenvalue weighted by atomic mass is 10.3. The van der Waals surface area contributed by atoms with Gasteiger partial charge in [-0.1, -0.05) is 25.2 Å². The quantitative estimate of drug-likeness (QED) is 0.911. The van der Waals surface area contributed by atoms with E-state index in [-0.39, 0.29) is 0 Å². The molecule has 2 atom stereocenters. The summed E-state index contributed by atoms with van der Waals surface area (Å²) in [6.45, 7) is 10.8. The fourth-order valence-electron chi connectivity index (χ4n) is 2.14. The lowest BCUT2D eigenvalue weighted by Gasteiger charge is -2.33. The van der Waals surface area contributed by atoms with Crippen LogP contribution >= 0.6 is 23.1 Å². The first-order valence-electron chi connectivity index (χ1n) is 6.11. The van der Waals surface area contributed by atoms with Crippen LogP contribution in [-0.2, 0) is 6.54 Å². The Bertz CT molecular complexity index is 345. The van der Waals surface area contributed by atoms with E-state index in [4.69, 9.17) is 0 Å². The van der Waals surface area contributed by atoms with Crippen LogP contribution in [0, 0.1) is 0 Å². The fourth-order valence-corrected chi connectivity index (χ4v) is 4.38. The Labute approximate surface area is 111 Å². The number of hydrogen-bond acceptors (Lipinski definition) is 6. The molecule has 1 aromatic heterocycles. The third kappa shape index (κ3) is 3.82. The number of anilines is 1. The average molecular weight is 272 g/mol. The van der Waals surface area contributed by atoms with Crippen molar-refractivity contribution in [3.05, 3.63) is 5.01 Å². The molecule has 2 rings (SSSR count). The monoisotopic (exact) mass is 272 g/mol. The van der Waals surface area contributed by atoms with Crippen molar-refractivity contribution in [3.8, 4) is 0 Å². The largest absolute Gasteiger partial charge is 0.360 e. The van der Waals surface area contributed by atoms with Gasteiger partial charge in [-0.05, 0) is 6.92 Å². The van der Waals surface area contributed by atoms with Crippen molar-refractivity contribution >= 4 is 28.2 Å². The molecular weight excluding hydrogens is 252 g/mol. The van der Waals surface area contributed by atoms with Crippen molar-refractivity contribution in [2.45, 2.75) is 37.8 Å². The van der Waals surface area contributed by atoms with E-state index in [0.717, 1.165) is 46.8 Å². The van der Waals surface area contributed by atoms with Gasteiger partial charge < -0.3 is 5.32 Å². The van der Waals surface area contributed by atoms with Gasteiger partial charge in [-0.2, -0.15) is 11.8 Å². The second-order valence-electron chi connectivity index (χ2n) is 4.48. The van der Waals surface area contributed by atoms with Crippen LogP contribution in [0.5, 0.6) is 0 Å². The summed E-state index contributed by atoms with van der Waals surface area (Å²) in [5, 5.41) is 15.1. The van der Waals surface area contributed by atoms with Gasteiger partial charge in [0.1, 0.15) is 5.01 Å². The molecule has 1 aromatic rings. The number of nitrogens with zero attached hydrogens (tertiary/aromatic N) is 3. The van der Waals surface area contributed by atoms with Crippen molar-refractivity contribution < 1.29 is 0 Å². The first kappa shape index (κ1) is 13.1. The molecule has 1 N–H and O–H groups in total. The summed E-state index contributed by atoms with van der Waals surface area (Å²) in [5.74, 6) is 0. The molecule has 2 heterocycles. The lowest BCUT2D eigenvalue weighted by molar-refractivity contribution is 0.262. The zero-order chi connectivity index (χ0) is 12.3. The highest BCUT2D eigenvalue weighted by molar-refractivity contribution is 8.00. The van der Waals surface area contributed by atoms with E-state index < -0.39 is 0 Å². The predicted molar refractivity (Wildman–Crippen MR) is 75.9 cm³/mol. The molecule has 1 aliphatic heterocycles. The fraction of sp³-hybridized carbons (Fsp3) is 0.818. The van der Waals surface area contributed by atoms with Crippen LogP contribution in [0.1, 0.15) is 25.8 Å². The molecule has 0 radical (unpaired) electrons. The molecule has 0 aliphatic carbocycles. The molecule has 1 saturated heterocycles. The molecule has 0 saturated carbocycles. The molecule has 0 bridgehead atoms.